The van der Waals surface area contributed by atoms with Crippen LogP contribution in [0, 0.1) is 0 Å². The van der Waals surface area contributed by atoms with E-state index in [0.29, 0.717) is 30.4 Å². The number of piperazine rings is 1. The molecule has 2 heterocycles. The zero-order valence-corrected chi connectivity index (χ0v) is 12.7. The minimum atomic E-state index is -3.32. The van der Waals surface area contributed by atoms with Crippen LogP contribution < -0.4 is 0 Å². The standard InChI is InChI=1S/C12H20N2O3S2/c1-2-11(10-15)13-5-7-14(8-6-13)19(16,17)12-4-3-9-18-12/h3-4,9,11,15H,2,5-8,10H2,1H3. The average molecular weight is 304 g/mol. The summed E-state index contributed by atoms with van der Waals surface area (Å²) in [5.74, 6) is 0. The van der Waals surface area contributed by atoms with Crippen LogP contribution in [0.1, 0.15) is 13.3 Å². The fourth-order valence-electron chi connectivity index (χ4n) is 2.35. The van der Waals surface area contributed by atoms with E-state index in [1.807, 2.05) is 6.92 Å². The molecular weight excluding hydrogens is 284 g/mol. The smallest absolute Gasteiger partial charge is 0.252 e. The first-order valence-electron chi connectivity index (χ1n) is 6.48. The van der Waals surface area contributed by atoms with Crippen LogP contribution >= 0.6 is 11.3 Å². The van der Waals surface area contributed by atoms with Crippen LogP contribution in [-0.2, 0) is 10.0 Å². The van der Waals surface area contributed by atoms with Crippen molar-refractivity contribution in [3.05, 3.63) is 17.5 Å². The second-order valence-electron chi connectivity index (χ2n) is 4.62. The van der Waals surface area contributed by atoms with Crippen molar-refractivity contribution in [3.8, 4) is 0 Å². The molecule has 1 unspecified atom stereocenters. The Morgan fingerprint density at radius 1 is 1.37 bits per heavy atom. The Morgan fingerprint density at radius 3 is 2.53 bits per heavy atom. The molecule has 0 aliphatic carbocycles. The van der Waals surface area contributed by atoms with Gasteiger partial charge in [-0.25, -0.2) is 8.42 Å². The van der Waals surface area contributed by atoms with E-state index < -0.39 is 10.0 Å². The van der Waals surface area contributed by atoms with E-state index in [4.69, 9.17) is 0 Å². The summed E-state index contributed by atoms with van der Waals surface area (Å²) in [6.45, 7) is 4.53. The van der Waals surface area contributed by atoms with Gasteiger partial charge in [0.25, 0.3) is 10.0 Å². The van der Waals surface area contributed by atoms with Gasteiger partial charge < -0.3 is 5.11 Å². The molecule has 1 saturated heterocycles. The number of nitrogens with zero attached hydrogens (tertiary/aromatic N) is 2. The van der Waals surface area contributed by atoms with Crippen molar-refractivity contribution < 1.29 is 13.5 Å². The fraction of sp³-hybridized carbons (Fsp3) is 0.667. The molecule has 5 nitrogen and oxygen atoms in total. The highest BCUT2D eigenvalue weighted by atomic mass is 32.2. The molecule has 1 aliphatic rings. The summed E-state index contributed by atoms with van der Waals surface area (Å²) < 4.78 is 26.6. The highest BCUT2D eigenvalue weighted by molar-refractivity contribution is 7.91. The van der Waals surface area contributed by atoms with Crippen LogP contribution in [0.4, 0.5) is 0 Å². The third-order valence-corrected chi connectivity index (χ3v) is 6.83. The van der Waals surface area contributed by atoms with E-state index in [1.54, 1.807) is 21.8 Å². The zero-order valence-electron chi connectivity index (χ0n) is 11.0. The van der Waals surface area contributed by atoms with E-state index >= 15 is 0 Å². The Kier molecular flexibility index (Phi) is 4.97. The van der Waals surface area contributed by atoms with Gasteiger partial charge in [0.05, 0.1) is 6.61 Å². The van der Waals surface area contributed by atoms with E-state index in [2.05, 4.69) is 4.90 Å². The predicted octanol–water partition coefficient (Wildman–Crippen LogP) is 0.825. The van der Waals surface area contributed by atoms with Crippen LogP contribution in [0.15, 0.2) is 21.7 Å². The summed E-state index contributed by atoms with van der Waals surface area (Å²) in [7, 11) is -3.32. The van der Waals surface area contributed by atoms with Crippen molar-refractivity contribution in [2.45, 2.75) is 23.6 Å². The molecule has 7 heteroatoms. The molecule has 1 N–H and O–H groups in total. The first-order chi connectivity index (χ1) is 9.09. The van der Waals surface area contributed by atoms with Crippen molar-refractivity contribution in [2.75, 3.05) is 32.8 Å². The summed E-state index contributed by atoms with van der Waals surface area (Å²) in [5, 5.41) is 11.1. The maximum Gasteiger partial charge on any atom is 0.252 e. The Hall–Kier alpha value is -0.470. The van der Waals surface area contributed by atoms with Crippen molar-refractivity contribution in [1.82, 2.24) is 9.21 Å². The average Bonchev–Trinajstić information content (AvgIpc) is 2.95. The molecule has 2 rings (SSSR count). The van der Waals surface area contributed by atoms with Crippen LogP contribution in [0.3, 0.4) is 0 Å². The van der Waals surface area contributed by atoms with Gasteiger partial charge in [0.2, 0.25) is 0 Å². The first kappa shape index (κ1) is 14.9. The lowest BCUT2D eigenvalue weighted by atomic mass is 10.2. The lowest BCUT2D eigenvalue weighted by Crippen LogP contribution is -2.52. The zero-order chi connectivity index (χ0) is 13.9. The molecule has 0 spiro atoms. The van der Waals surface area contributed by atoms with Gasteiger partial charge in [-0.15, -0.1) is 11.3 Å². The Morgan fingerprint density at radius 2 is 2.05 bits per heavy atom. The first-order valence-corrected chi connectivity index (χ1v) is 8.80. The number of aliphatic hydroxyl groups excluding tert-OH is 1. The van der Waals surface area contributed by atoms with Gasteiger partial charge in [-0.3, -0.25) is 4.90 Å². The number of thiophene rings is 1. The number of sulfonamides is 1. The fourth-order valence-corrected chi connectivity index (χ4v) is 4.92. The molecule has 0 radical (unpaired) electrons. The molecular formula is C12H20N2O3S2. The number of hydrogen-bond acceptors (Lipinski definition) is 5. The minimum Gasteiger partial charge on any atom is -0.395 e. The largest absolute Gasteiger partial charge is 0.395 e. The highest BCUT2D eigenvalue weighted by Crippen LogP contribution is 2.22. The van der Waals surface area contributed by atoms with Crippen molar-refractivity contribution in [3.63, 3.8) is 0 Å². The van der Waals surface area contributed by atoms with Gasteiger partial charge in [0.15, 0.2) is 0 Å². The van der Waals surface area contributed by atoms with Gasteiger partial charge >= 0.3 is 0 Å². The van der Waals surface area contributed by atoms with E-state index in [-0.39, 0.29) is 12.6 Å². The highest BCUT2D eigenvalue weighted by Gasteiger charge is 2.30. The van der Waals surface area contributed by atoms with Gasteiger partial charge in [-0.2, -0.15) is 4.31 Å². The second-order valence-corrected chi connectivity index (χ2v) is 7.73. The minimum absolute atomic E-state index is 0.133. The van der Waals surface area contributed by atoms with Crippen LogP contribution in [0.5, 0.6) is 0 Å². The normalized spacial score (nSPS) is 20.5. The molecule has 108 valence electrons. The third kappa shape index (κ3) is 3.17. The van der Waals surface area contributed by atoms with Crippen LogP contribution in [0.2, 0.25) is 0 Å². The van der Waals surface area contributed by atoms with E-state index in [9.17, 15) is 13.5 Å². The Balaban J connectivity index is 2.01. The molecule has 1 aromatic rings. The summed E-state index contributed by atoms with van der Waals surface area (Å²) in [6.07, 6.45) is 0.883. The number of hydrogen-bond donors (Lipinski definition) is 1. The molecule has 0 saturated carbocycles. The quantitative estimate of drug-likeness (QED) is 0.875. The van der Waals surface area contributed by atoms with E-state index in [0.717, 1.165) is 6.42 Å². The topological polar surface area (TPSA) is 60.9 Å². The maximum atomic E-state index is 12.3. The SMILES string of the molecule is CCC(CO)N1CCN(S(=O)(=O)c2cccs2)CC1. The second kappa shape index (κ2) is 6.32. The van der Waals surface area contributed by atoms with E-state index in [1.165, 1.54) is 11.3 Å². The Labute approximate surface area is 118 Å². The van der Waals surface area contributed by atoms with Gasteiger partial charge in [0, 0.05) is 32.2 Å². The van der Waals surface area contributed by atoms with Gasteiger partial charge in [0.1, 0.15) is 4.21 Å². The molecule has 1 aliphatic heterocycles. The monoisotopic (exact) mass is 304 g/mol. The van der Waals surface area contributed by atoms with Crippen LogP contribution in [0.25, 0.3) is 0 Å². The summed E-state index contributed by atoms with van der Waals surface area (Å²) >= 11 is 1.26. The van der Waals surface area contributed by atoms with Crippen molar-refractivity contribution >= 4 is 21.4 Å². The van der Waals surface area contributed by atoms with Crippen molar-refractivity contribution in [1.29, 1.82) is 0 Å². The molecule has 0 bridgehead atoms. The third-order valence-electron chi connectivity index (χ3n) is 3.56. The number of rotatable bonds is 5. The predicted molar refractivity (Wildman–Crippen MR) is 75.8 cm³/mol. The maximum absolute atomic E-state index is 12.3. The molecule has 1 fully saturated rings. The van der Waals surface area contributed by atoms with Gasteiger partial charge in [-0.05, 0) is 17.9 Å². The summed E-state index contributed by atoms with van der Waals surface area (Å²) in [6, 6.07) is 3.55. The summed E-state index contributed by atoms with van der Waals surface area (Å²) in [4.78, 5) is 2.17. The number of aliphatic hydroxyl groups is 1. The summed E-state index contributed by atoms with van der Waals surface area (Å²) in [5.41, 5.74) is 0. The van der Waals surface area contributed by atoms with Crippen molar-refractivity contribution in [2.24, 2.45) is 0 Å². The molecule has 19 heavy (non-hydrogen) atoms. The molecule has 1 atom stereocenters. The van der Waals surface area contributed by atoms with Gasteiger partial charge in [-0.1, -0.05) is 13.0 Å². The lowest BCUT2D eigenvalue weighted by Gasteiger charge is -2.37. The molecule has 0 aromatic carbocycles. The van der Waals surface area contributed by atoms with Crippen LogP contribution in [-0.4, -0.2) is 61.6 Å². The Bertz CT molecular complexity index is 475. The molecule has 0 amide bonds. The molecule has 1 aromatic heterocycles. The lowest BCUT2D eigenvalue weighted by molar-refractivity contribution is 0.0881.